The van der Waals surface area contributed by atoms with E-state index in [9.17, 15) is 4.79 Å². The van der Waals surface area contributed by atoms with Crippen LogP contribution < -0.4 is 21.9 Å². The number of carbonyl (C=O) groups excluding carboxylic acids is 1. The topological polar surface area (TPSA) is 46.8 Å². The Morgan fingerprint density at radius 2 is 1.36 bits per heavy atom. The highest BCUT2D eigenvalue weighted by Gasteiger charge is 2.23. The molecule has 3 aromatic carbocycles. The van der Waals surface area contributed by atoms with Crippen LogP contribution in [0.5, 0.6) is 11.5 Å². The third-order valence-electron chi connectivity index (χ3n) is 4.71. The molecule has 28 heavy (non-hydrogen) atoms. The lowest BCUT2D eigenvalue weighted by molar-refractivity contribution is -0.0000145. The molecule has 0 unspecified atom stereocenters. The first-order valence-corrected chi connectivity index (χ1v) is 8.64. The molecule has 0 saturated heterocycles. The Morgan fingerprint density at radius 3 is 1.86 bits per heavy atom. The molecule has 4 aromatic rings. The molecule has 0 radical (unpaired) electrons. The summed E-state index contributed by atoms with van der Waals surface area (Å²) in [5.74, 6) is 1.44. The van der Waals surface area contributed by atoms with E-state index in [1.165, 1.54) is 0 Å². The number of hydrogen-bond donors (Lipinski definition) is 0. The van der Waals surface area contributed by atoms with Gasteiger partial charge in [-0.2, -0.15) is 0 Å². The first-order chi connectivity index (χ1) is 13.1. The molecule has 0 spiro atoms. The van der Waals surface area contributed by atoms with Crippen LogP contribution >= 0.6 is 0 Å². The monoisotopic (exact) mass is 394 g/mol. The third-order valence-corrected chi connectivity index (χ3v) is 4.71. The second-order valence-electron chi connectivity index (χ2n) is 6.30. The molecule has 0 N–H and O–H groups in total. The molecular formula is C23H19ClO4. The molecule has 4 nitrogen and oxygen atoms in total. The zero-order valence-corrected chi connectivity index (χ0v) is 16.5. The number of methoxy groups -OCH3 is 2. The average molecular weight is 395 g/mol. The molecule has 4 rings (SSSR count). The van der Waals surface area contributed by atoms with Crippen molar-refractivity contribution in [1.82, 2.24) is 0 Å². The summed E-state index contributed by atoms with van der Waals surface area (Å²) in [6, 6.07) is 19.1. The second kappa shape index (κ2) is 7.87. The van der Waals surface area contributed by atoms with Crippen LogP contribution in [0.2, 0.25) is 0 Å². The fourth-order valence-corrected chi connectivity index (χ4v) is 3.40. The van der Waals surface area contributed by atoms with Crippen LogP contribution in [0, 0.1) is 0 Å². The summed E-state index contributed by atoms with van der Waals surface area (Å²) in [6.45, 7) is 1.59. The van der Waals surface area contributed by atoms with E-state index >= 15 is 0 Å². The van der Waals surface area contributed by atoms with Crippen molar-refractivity contribution in [3.05, 3.63) is 66.2 Å². The fraction of sp³-hybridized carbons (Fsp3) is 0.130. The Morgan fingerprint density at radius 1 is 0.821 bits per heavy atom. The highest BCUT2D eigenvalue weighted by atomic mass is 35.5. The molecule has 0 saturated carbocycles. The lowest BCUT2D eigenvalue weighted by atomic mass is 9.92. The lowest BCUT2D eigenvalue weighted by Crippen LogP contribution is -3.00. The maximum absolute atomic E-state index is 12.2. The summed E-state index contributed by atoms with van der Waals surface area (Å²) in [7, 11) is 3.24. The standard InChI is InChI=1S/C23H19O4.ClH/c1-14(24)17-6-4-5-7-18(17)23-19-10-8-15(25-2)12-21(19)27-22-13-16(26-3)9-11-20(22)23;/h4-13H,1-3H3;1H/q+1;/p-1. The minimum Gasteiger partial charge on any atom is -1.00 e. The number of rotatable bonds is 4. The molecule has 0 atom stereocenters. The molecule has 142 valence electrons. The molecule has 0 aliphatic rings. The van der Waals surface area contributed by atoms with E-state index in [-0.39, 0.29) is 18.2 Å². The van der Waals surface area contributed by atoms with Gasteiger partial charge in [-0.25, -0.2) is 4.42 Å². The van der Waals surface area contributed by atoms with E-state index in [0.717, 1.165) is 21.9 Å². The number of ketones is 1. The van der Waals surface area contributed by atoms with Crippen molar-refractivity contribution in [1.29, 1.82) is 0 Å². The predicted molar refractivity (Wildman–Crippen MR) is 107 cm³/mol. The van der Waals surface area contributed by atoms with Crippen LogP contribution in [0.1, 0.15) is 17.3 Å². The van der Waals surface area contributed by atoms with Gasteiger partial charge in [0.2, 0.25) is 0 Å². The zero-order chi connectivity index (χ0) is 19.0. The fourth-order valence-electron chi connectivity index (χ4n) is 3.40. The van der Waals surface area contributed by atoms with Gasteiger partial charge < -0.3 is 21.9 Å². The Kier molecular flexibility index (Phi) is 5.52. The van der Waals surface area contributed by atoms with E-state index in [4.69, 9.17) is 13.9 Å². The van der Waals surface area contributed by atoms with Crippen LogP contribution in [-0.2, 0) is 0 Å². The van der Waals surface area contributed by atoms with Crippen LogP contribution in [0.4, 0.5) is 0 Å². The Balaban J connectivity index is 0.00000225. The first kappa shape index (κ1) is 19.6. The number of benzene rings is 3. The lowest BCUT2D eigenvalue weighted by Gasteiger charge is -2.10. The molecule has 0 aliphatic heterocycles. The summed E-state index contributed by atoms with van der Waals surface area (Å²) in [6.07, 6.45) is 0. The highest BCUT2D eigenvalue weighted by Crippen LogP contribution is 2.40. The molecule has 5 heteroatoms. The molecule has 1 aromatic heterocycles. The smallest absolute Gasteiger partial charge is 0.365 e. The van der Waals surface area contributed by atoms with Crippen molar-refractivity contribution in [2.24, 2.45) is 0 Å². The number of fused-ring (bicyclic) bond motifs is 2. The summed E-state index contributed by atoms with van der Waals surface area (Å²) >= 11 is 0. The van der Waals surface area contributed by atoms with Gasteiger partial charge in [0, 0.05) is 11.1 Å². The van der Waals surface area contributed by atoms with Gasteiger partial charge in [0.1, 0.15) is 11.5 Å². The van der Waals surface area contributed by atoms with Crippen molar-refractivity contribution in [2.75, 3.05) is 14.2 Å². The normalized spacial score (nSPS) is 10.5. The minimum absolute atomic E-state index is 0. The average Bonchev–Trinajstić information content (AvgIpc) is 2.71. The quantitative estimate of drug-likeness (QED) is 0.303. The van der Waals surface area contributed by atoms with Gasteiger partial charge in [-0.1, -0.05) is 24.3 Å². The number of halogens is 1. The maximum Gasteiger partial charge on any atom is 0.365 e. The number of ether oxygens (including phenoxy) is 2. The maximum atomic E-state index is 12.2. The van der Waals surface area contributed by atoms with Crippen LogP contribution in [0.25, 0.3) is 33.1 Å². The molecular weight excluding hydrogens is 376 g/mol. The van der Waals surface area contributed by atoms with Gasteiger partial charge in [-0.05, 0) is 36.8 Å². The van der Waals surface area contributed by atoms with Crippen molar-refractivity contribution in [2.45, 2.75) is 6.92 Å². The van der Waals surface area contributed by atoms with Crippen molar-refractivity contribution in [3.63, 3.8) is 0 Å². The predicted octanol–water partition coefficient (Wildman–Crippen LogP) is 2.76. The second-order valence-corrected chi connectivity index (χ2v) is 6.30. The molecule has 1 heterocycles. The molecule has 0 aliphatic carbocycles. The third kappa shape index (κ3) is 3.27. The van der Waals surface area contributed by atoms with E-state index in [1.807, 2.05) is 60.7 Å². The number of carbonyl (C=O) groups is 1. The van der Waals surface area contributed by atoms with Crippen LogP contribution in [0.3, 0.4) is 0 Å². The summed E-state index contributed by atoms with van der Waals surface area (Å²) in [5, 5.41) is 1.84. The van der Waals surface area contributed by atoms with Crippen LogP contribution in [-0.4, -0.2) is 20.0 Å². The van der Waals surface area contributed by atoms with Crippen LogP contribution in [0.15, 0.2) is 65.1 Å². The van der Waals surface area contributed by atoms with Gasteiger partial charge in [0.15, 0.2) is 5.78 Å². The number of hydrogen-bond acceptors (Lipinski definition) is 3. The van der Waals surface area contributed by atoms with Gasteiger partial charge in [-0.3, -0.25) is 4.79 Å². The van der Waals surface area contributed by atoms with Crippen molar-refractivity contribution in [3.8, 4) is 22.6 Å². The van der Waals surface area contributed by atoms with Crippen molar-refractivity contribution < 1.29 is 31.1 Å². The van der Waals surface area contributed by atoms with Gasteiger partial charge in [-0.15, -0.1) is 0 Å². The highest BCUT2D eigenvalue weighted by molar-refractivity contribution is 6.13. The SMILES string of the molecule is COc1ccc2c(-c3ccccc3C(C)=O)c3ccc(OC)cc3[o+]c2c1.[Cl-]. The Bertz CT molecular complexity index is 1120. The van der Waals surface area contributed by atoms with Crippen molar-refractivity contribution >= 4 is 27.7 Å². The van der Waals surface area contributed by atoms with Gasteiger partial charge in [0.05, 0.1) is 37.1 Å². The largest absolute Gasteiger partial charge is 1.00 e. The molecule has 0 fully saturated rings. The first-order valence-electron chi connectivity index (χ1n) is 8.64. The number of Topliss-reactive ketones (excluding diaryl/α,β-unsaturated/α-hetero) is 1. The van der Waals surface area contributed by atoms with E-state index in [0.29, 0.717) is 28.2 Å². The summed E-state index contributed by atoms with van der Waals surface area (Å²) in [5.41, 5.74) is 3.89. The van der Waals surface area contributed by atoms with Gasteiger partial charge >= 0.3 is 11.2 Å². The minimum atomic E-state index is 0. The van der Waals surface area contributed by atoms with E-state index in [2.05, 4.69) is 0 Å². The van der Waals surface area contributed by atoms with E-state index < -0.39 is 0 Å². The molecule has 0 amide bonds. The Labute approximate surface area is 169 Å². The summed E-state index contributed by atoms with van der Waals surface area (Å²) in [4.78, 5) is 12.2. The summed E-state index contributed by atoms with van der Waals surface area (Å²) < 4.78 is 16.8. The van der Waals surface area contributed by atoms with Gasteiger partial charge in [0.25, 0.3) is 0 Å². The Hall–Kier alpha value is -3.11. The zero-order valence-electron chi connectivity index (χ0n) is 15.8. The molecule has 0 bridgehead atoms. The van der Waals surface area contributed by atoms with E-state index in [1.54, 1.807) is 21.1 Å².